The summed E-state index contributed by atoms with van der Waals surface area (Å²) in [6, 6.07) is 3.15. The number of halogens is 4. The van der Waals surface area contributed by atoms with Gasteiger partial charge in [-0.05, 0) is 17.7 Å². The van der Waals surface area contributed by atoms with Gasteiger partial charge in [0.2, 0.25) is 0 Å². The van der Waals surface area contributed by atoms with Crippen LogP contribution in [0.3, 0.4) is 0 Å². The van der Waals surface area contributed by atoms with E-state index < -0.39 is 46.9 Å². The van der Waals surface area contributed by atoms with Crippen molar-refractivity contribution in [1.29, 1.82) is 0 Å². The number of rotatable bonds is 3. The summed E-state index contributed by atoms with van der Waals surface area (Å²) in [6.45, 7) is -0.414. The molecule has 0 saturated carbocycles. The van der Waals surface area contributed by atoms with Crippen LogP contribution in [-0.2, 0) is 17.5 Å². The number of methoxy groups -OCH3 is 1. The van der Waals surface area contributed by atoms with E-state index in [-0.39, 0.29) is 5.56 Å². The van der Waals surface area contributed by atoms with E-state index in [1.54, 1.807) is 4.98 Å². The predicted molar refractivity (Wildman–Crippen MR) is 73.2 cm³/mol. The SMILES string of the molecule is COC(=O)c1cc(Cn2cc(C(F)(F)F)c(=O)[nH]c2=O)ccc1F. The highest BCUT2D eigenvalue weighted by Gasteiger charge is 2.34. The molecule has 2 aromatic rings. The number of hydrogen-bond donors (Lipinski definition) is 1. The zero-order valence-corrected chi connectivity index (χ0v) is 12.1. The summed E-state index contributed by atoms with van der Waals surface area (Å²) in [5, 5.41) is 0. The standard InChI is InChI=1S/C14H10F4N2O4/c1-24-12(22)8-4-7(2-3-10(8)15)5-20-6-9(14(16,17)18)11(21)19-13(20)23/h2-4,6H,5H2,1H3,(H,19,21,23). The molecule has 0 aliphatic carbocycles. The Morgan fingerprint density at radius 1 is 1.29 bits per heavy atom. The van der Waals surface area contributed by atoms with E-state index in [2.05, 4.69) is 4.74 Å². The number of ether oxygens (including phenoxy) is 1. The Hall–Kier alpha value is -2.91. The van der Waals surface area contributed by atoms with Crippen molar-refractivity contribution in [3.63, 3.8) is 0 Å². The van der Waals surface area contributed by atoms with Crippen LogP contribution in [0.15, 0.2) is 34.0 Å². The van der Waals surface area contributed by atoms with Crippen LogP contribution in [0, 0.1) is 5.82 Å². The number of H-pyrrole nitrogens is 1. The monoisotopic (exact) mass is 346 g/mol. The normalized spacial score (nSPS) is 11.4. The number of aromatic nitrogens is 2. The van der Waals surface area contributed by atoms with Gasteiger partial charge in [0.1, 0.15) is 11.4 Å². The van der Waals surface area contributed by atoms with Gasteiger partial charge in [-0.2, -0.15) is 13.2 Å². The number of nitrogens with one attached hydrogen (secondary N) is 1. The molecule has 1 heterocycles. The lowest BCUT2D eigenvalue weighted by Gasteiger charge is -2.10. The molecule has 1 N–H and O–H groups in total. The largest absolute Gasteiger partial charge is 0.465 e. The molecule has 0 aliphatic rings. The smallest absolute Gasteiger partial charge is 0.423 e. The third kappa shape index (κ3) is 3.53. The Morgan fingerprint density at radius 3 is 2.54 bits per heavy atom. The van der Waals surface area contributed by atoms with Crippen LogP contribution in [-0.4, -0.2) is 22.6 Å². The van der Waals surface area contributed by atoms with Crippen LogP contribution in [0.25, 0.3) is 0 Å². The van der Waals surface area contributed by atoms with Crippen LogP contribution in [0.2, 0.25) is 0 Å². The van der Waals surface area contributed by atoms with Gasteiger partial charge >= 0.3 is 17.8 Å². The van der Waals surface area contributed by atoms with Gasteiger partial charge in [0.05, 0.1) is 19.2 Å². The quantitative estimate of drug-likeness (QED) is 0.675. The predicted octanol–water partition coefficient (Wildman–Crippen LogP) is 1.53. The highest BCUT2D eigenvalue weighted by atomic mass is 19.4. The second kappa shape index (κ2) is 6.30. The van der Waals surface area contributed by atoms with Gasteiger partial charge in [-0.15, -0.1) is 0 Å². The second-order valence-corrected chi connectivity index (χ2v) is 4.73. The Kier molecular flexibility index (Phi) is 4.58. The Balaban J connectivity index is 2.47. The molecule has 128 valence electrons. The second-order valence-electron chi connectivity index (χ2n) is 4.73. The fourth-order valence-electron chi connectivity index (χ4n) is 1.96. The molecule has 10 heteroatoms. The fraction of sp³-hybridized carbons (Fsp3) is 0.214. The van der Waals surface area contributed by atoms with E-state index in [0.29, 0.717) is 10.8 Å². The number of hydrogen-bond acceptors (Lipinski definition) is 4. The Morgan fingerprint density at radius 2 is 1.96 bits per heavy atom. The van der Waals surface area contributed by atoms with E-state index in [1.807, 2.05) is 0 Å². The molecule has 0 saturated heterocycles. The highest BCUT2D eigenvalue weighted by Crippen LogP contribution is 2.25. The summed E-state index contributed by atoms with van der Waals surface area (Å²) < 4.78 is 56.7. The average Bonchev–Trinajstić information content (AvgIpc) is 2.49. The molecule has 0 atom stereocenters. The van der Waals surface area contributed by atoms with Crippen molar-refractivity contribution in [3.05, 3.63) is 67.7 Å². The lowest BCUT2D eigenvalue weighted by molar-refractivity contribution is -0.139. The lowest BCUT2D eigenvalue weighted by atomic mass is 10.1. The van der Waals surface area contributed by atoms with Crippen LogP contribution in [0.1, 0.15) is 21.5 Å². The highest BCUT2D eigenvalue weighted by molar-refractivity contribution is 5.89. The zero-order chi connectivity index (χ0) is 18.1. The molecule has 0 radical (unpaired) electrons. The van der Waals surface area contributed by atoms with Crippen molar-refractivity contribution in [3.8, 4) is 0 Å². The maximum absolute atomic E-state index is 13.5. The molecule has 24 heavy (non-hydrogen) atoms. The summed E-state index contributed by atoms with van der Waals surface area (Å²) >= 11 is 0. The number of nitrogens with zero attached hydrogens (tertiary/aromatic N) is 1. The minimum Gasteiger partial charge on any atom is -0.465 e. The third-order valence-corrected chi connectivity index (χ3v) is 3.11. The average molecular weight is 346 g/mol. The number of alkyl halides is 3. The minimum absolute atomic E-state index is 0.166. The van der Waals surface area contributed by atoms with Crippen molar-refractivity contribution in [2.45, 2.75) is 12.7 Å². The van der Waals surface area contributed by atoms with E-state index >= 15 is 0 Å². The van der Waals surface area contributed by atoms with Crippen LogP contribution >= 0.6 is 0 Å². The molecule has 6 nitrogen and oxygen atoms in total. The molecule has 2 rings (SSSR count). The molecule has 0 fully saturated rings. The topological polar surface area (TPSA) is 81.2 Å². The number of benzene rings is 1. The molecule has 0 bridgehead atoms. The fourth-order valence-corrected chi connectivity index (χ4v) is 1.96. The van der Waals surface area contributed by atoms with Gasteiger partial charge in [0.25, 0.3) is 5.56 Å². The summed E-state index contributed by atoms with van der Waals surface area (Å²) in [7, 11) is 1.04. The van der Waals surface area contributed by atoms with E-state index in [9.17, 15) is 31.9 Å². The minimum atomic E-state index is -4.94. The van der Waals surface area contributed by atoms with Crippen molar-refractivity contribution in [1.82, 2.24) is 9.55 Å². The number of carbonyl (C=O) groups excluding carboxylic acids is 1. The maximum Gasteiger partial charge on any atom is 0.423 e. The molecular formula is C14H10F4N2O4. The molecule has 0 aliphatic heterocycles. The molecule has 0 amide bonds. The van der Waals surface area contributed by atoms with E-state index in [1.165, 1.54) is 6.07 Å². The third-order valence-electron chi connectivity index (χ3n) is 3.11. The summed E-state index contributed by atoms with van der Waals surface area (Å²) in [6.07, 6.45) is -4.58. The first-order valence-electron chi connectivity index (χ1n) is 6.41. The van der Waals surface area contributed by atoms with Crippen molar-refractivity contribution in [2.75, 3.05) is 7.11 Å². The Bertz CT molecular complexity index is 899. The van der Waals surface area contributed by atoms with Crippen molar-refractivity contribution in [2.24, 2.45) is 0 Å². The van der Waals surface area contributed by atoms with E-state index in [0.717, 1.165) is 19.2 Å². The summed E-state index contributed by atoms with van der Waals surface area (Å²) in [5.74, 6) is -1.85. The van der Waals surface area contributed by atoms with Gasteiger partial charge in [0, 0.05) is 6.20 Å². The first-order valence-corrected chi connectivity index (χ1v) is 6.41. The summed E-state index contributed by atoms with van der Waals surface area (Å²) in [4.78, 5) is 35.8. The molecule has 0 unspecified atom stereocenters. The van der Waals surface area contributed by atoms with Gasteiger partial charge in [-0.25, -0.2) is 14.0 Å². The van der Waals surface area contributed by atoms with Crippen molar-refractivity contribution < 1.29 is 27.1 Å². The number of esters is 1. The van der Waals surface area contributed by atoms with Crippen LogP contribution in [0.4, 0.5) is 17.6 Å². The summed E-state index contributed by atoms with van der Waals surface area (Å²) in [5.41, 5.74) is -4.44. The van der Waals surface area contributed by atoms with Gasteiger partial charge < -0.3 is 4.74 Å². The number of aromatic amines is 1. The molecule has 0 spiro atoms. The maximum atomic E-state index is 13.5. The first-order chi connectivity index (χ1) is 11.1. The van der Waals surface area contributed by atoms with Gasteiger partial charge in [0.15, 0.2) is 0 Å². The zero-order valence-electron chi connectivity index (χ0n) is 12.1. The first kappa shape index (κ1) is 17.4. The van der Waals surface area contributed by atoms with Crippen molar-refractivity contribution >= 4 is 5.97 Å². The molecular weight excluding hydrogens is 336 g/mol. The lowest BCUT2D eigenvalue weighted by Crippen LogP contribution is -2.34. The van der Waals surface area contributed by atoms with E-state index in [4.69, 9.17) is 0 Å². The van der Waals surface area contributed by atoms with Crippen LogP contribution < -0.4 is 11.2 Å². The molecule has 1 aromatic heterocycles. The van der Waals surface area contributed by atoms with Gasteiger partial charge in [-0.1, -0.05) is 6.07 Å². The Labute approximate surface area is 131 Å². The van der Waals surface area contributed by atoms with Gasteiger partial charge in [-0.3, -0.25) is 14.3 Å². The molecule has 1 aromatic carbocycles. The number of carbonyl (C=O) groups is 1. The van der Waals surface area contributed by atoms with Crippen LogP contribution in [0.5, 0.6) is 0 Å².